The van der Waals surface area contributed by atoms with Crippen LogP contribution in [0.1, 0.15) is 32.8 Å². The fraction of sp³-hybridized carbons (Fsp3) is 0.500. The van der Waals surface area contributed by atoms with Crippen LogP contribution in [0.5, 0.6) is 0 Å². The highest BCUT2D eigenvalue weighted by Gasteiger charge is 2.34. The average molecular weight is 292 g/mol. The van der Waals surface area contributed by atoms with Crippen LogP contribution >= 0.6 is 0 Å². The molecule has 0 heterocycles. The summed E-state index contributed by atoms with van der Waals surface area (Å²) < 4.78 is 4.74. The molecule has 0 saturated heterocycles. The third kappa shape index (κ3) is 4.56. The number of benzene rings is 1. The summed E-state index contributed by atoms with van der Waals surface area (Å²) in [6, 6.07) is 8.38. The molecule has 3 N–H and O–H groups in total. The monoisotopic (exact) mass is 292 g/mol. The summed E-state index contributed by atoms with van der Waals surface area (Å²) in [5, 5.41) is 2.70. The first-order valence-corrected chi connectivity index (χ1v) is 7.02. The molecule has 1 rings (SSSR count). The van der Waals surface area contributed by atoms with Gasteiger partial charge in [0.2, 0.25) is 5.91 Å². The third-order valence-electron chi connectivity index (χ3n) is 3.34. The molecule has 116 valence electrons. The van der Waals surface area contributed by atoms with Crippen LogP contribution < -0.4 is 11.1 Å². The van der Waals surface area contributed by atoms with E-state index in [9.17, 15) is 9.59 Å². The standard InChI is InChI=1S/C16H24N2O3/c1-11(2)10-13(14(19)21-4)18-15(20)16(3,17)12-8-6-5-7-9-12/h5-9,11,13H,10,17H2,1-4H3,(H,18,20). The highest BCUT2D eigenvalue weighted by atomic mass is 16.5. The molecule has 5 heteroatoms. The van der Waals surface area contributed by atoms with Crippen LogP contribution in [0.15, 0.2) is 30.3 Å². The topological polar surface area (TPSA) is 81.4 Å². The molecular weight excluding hydrogens is 268 g/mol. The Labute approximate surface area is 125 Å². The number of ether oxygens (including phenoxy) is 1. The molecule has 0 aliphatic rings. The van der Waals surface area contributed by atoms with E-state index in [1.165, 1.54) is 7.11 Å². The number of methoxy groups -OCH3 is 1. The Bertz CT molecular complexity index is 484. The molecule has 0 radical (unpaired) electrons. The maximum atomic E-state index is 12.4. The molecule has 2 atom stereocenters. The summed E-state index contributed by atoms with van der Waals surface area (Å²) >= 11 is 0. The van der Waals surface area contributed by atoms with Crippen LogP contribution in [0.25, 0.3) is 0 Å². The second-order valence-corrected chi connectivity index (χ2v) is 5.75. The van der Waals surface area contributed by atoms with Crippen molar-refractivity contribution in [1.29, 1.82) is 0 Å². The van der Waals surface area contributed by atoms with E-state index in [2.05, 4.69) is 5.32 Å². The lowest BCUT2D eigenvalue weighted by Crippen LogP contribution is -2.54. The van der Waals surface area contributed by atoms with Crippen molar-refractivity contribution < 1.29 is 14.3 Å². The smallest absolute Gasteiger partial charge is 0.328 e. The van der Waals surface area contributed by atoms with Crippen molar-refractivity contribution in [2.45, 2.75) is 38.8 Å². The quantitative estimate of drug-likeness (QED) is 0.780. The predicted molar refractivity (Wildman–Crippen MR) is 81.4 cm³/mol. The van der Waals surface area contributed by atoms with Gasteiger partial charge in [-0.15, -0.1) is 0 Å². The minimum Gasteiger partial charge on any atom is -0.467 e. The number of hydrogen-bond acceptors (Lipinski definition) is 4. The Morgan fingerprint density at radius 3 is 2.33 bits per heavy atom. The van der Waals surface area contributed by atoms with E-state index in [0.29, 0.717) is 12.0 Å². The Morgan fingerprint density at radius 1 is 1.29 bits per heavy atom. The average Bonchev–Trinajstić information content (AvgIpc) is 2.46. The number of carbonyl (C=O) groups is 2. The van der Waals surface area contributed by atoms with Gasteiger partial charge in [0.15, 0.2) is 0 Å². The first-order valence-electron chi connectivity index (χ1n) is 7.02. The number of amides is 1. The van der Waals surface area contributed by atoms with Crippen LogP contribution in [0.2, 0.25) is 0 Å². The fourth-order valence-electron chi connectivity index (χ4n) is 2.05. The molecule has 1 aromatic carbocycles. The Morgan fingerprint density at radius 2 is 1.86 bits per heavy atom. The lowest BCUT2D eigenvalue weighted by atomic mass is 9.91. The zero-order valence-corrected chi connectivity index (χ0v) is 13.1. The normalized spacial score (nSPS) is 15.1. The minimum absolute atomic E-state index is 0.246. The van der Waals surface area contributed by atoms with Gasteiger partial charge in [-0.2, -0.15) is 0 Å². The van der Waals surface area contributed by atoms with Crippen molar-refractivity contribution in [3.8, 4) is 0 Å². The summed E-state index contributed by atoms with van der Waals surface area (Å²) in [5.41, 5.74) is 5.62. The summed E-state index contributed by atoms with van der Waals surface area (Å²) in [6.45, 7) is 5.57. The van der Waals surface area contributed by atoms with Crippen molar-refractivity contribution in [3.63, 3.8) is 0 Å². The van der Waals surface area contributed by atoms with Gasteiger partial charge in [-0.05, 0) is 24.8 Å². The molecule has 1 amide bonds. The molecule has 0 saturated carbocycles. The first kappa shape index (κ1) is 17.2. The zero-order valence-electron chi connectivity index (χ0n) is 13.1. The lowest BCUT2D eigenvalue weighted by molar-refractivity contribution is -0.146. The van der Waals surface area contributed by atoms with Gasteiger partial charge in [0.25, 0.3) is 0 Å². The van der Waals surface area contributed by atoms with Gasteiger partial charge in [-0.3, -0.25) is 4.79 Å². The molecule has 1 aromatic rings. The molecule has 0 aliphatic heterocycles. The highest BCUT2D eigenvalue weighted by molar-refractivity contribution is 5.90. The number of rotatable bonds is 6. The molecule has 0 aliphatic carbocycles. The van der Waals surface area contributed by atoms with E-state index < -0.39 is 23.5 Å². The van der Waals surface area contributed by atoms with E-state index in [1.54, 1.807) is 19.1 Å². The number of carbonyl (C=O) groups excluding carboxylic acids is 2. The number of hydrogen-bond donors (Lipinski definition) is 2. The van der Waals surface area contributed by atoms with Gasteiger partial charge in [0, 0.05) is 0 Å². The fourth-order valence-corrected chi connectivity index (χ4v) is 2.05. The van der Waals surface area contributed by atoms with E-state index in [-0.39, 0.29) is 5.92 Å². The molecule has 0 aromatic heterocycles. The largest absolute Gasteiger partial charge is 0.467 e. The van der Waals surface area contributed by atoms with Crippen molar-refractivity contribution in [2.24, 2.45) is 11.7 Å². The van der Waals surface area contributed by atoms with Gasteiger partial charge < -0.3 is 15.8 Å². The van der Waals surface area contributed by atoms with Crippen molar-refractivity contribution in [1.82, 2.24) is 5.32 Å². The lowest BCUT2D eigenvalue weighted by Gasteiger charge is -2.27. The van der Waals surface area contributed by atoms with E-state index in [1.807, 2.05) is 32.0 Å². The SMILES string of the molecule is COC(=O)C(CC(C)C)NC(=O)C(C)(N)c1ccccc1. The summed E-state index contributed by atoms with van der Waals surface area (Å²) in [6.07, 6.45) is 0.503. The van der Waals surface area contributed by atoms with E-state index in [0.717, 1.165) is 0 Å². The first-order chi connectivity index (χ1) is 9.78. The molecular formula is C16H24N2O3. The Balaban J connectivity index is 2.88. The second kappa shape index (κ2) is 7.22. The van der Waals surface area contributed by atoms with Crippen molar-refractivity contribution >= 4 is 11.9 Å². The maximum absolute atomic E-state index is 12.4. The molecule has 2 unspecified atom stereocenters. The van der Waals surface area contributed by atoms with Gasteiger partial charge >= 0.3 is 5.97 Å². The third-order valence-corrected chi connectivity index (χ3v) is 3.34. The molecule has 5 nitrogen and oxygen atoms in total. The Hall–Kier alpha value is -1.88. The van der Waals surface area contributed by atoms with E-state index in [4.69, 9.17) is 10.5 Å². The van der Waals surface area contributed by atoms with Gasteiger partial charge in [0.05, 0.1) is 7.11 Å². The summed E-state index contributed by atoms with van der Waals surface area (Å²) in [5.74, 6) is -0.610. The van der Waals surface area contributed by atoms with E-state index >= 15 is 0 Å². The Kier molecular flexibility index (Phi) is 5.90. The van der Waals surface area contributed by atoms with Gasteiger partial charge in [-0.25, -0.2) is 4.79 Å². The van der Waals surface area contributed by atoms with Crippen LogP contribution in [-0.4, -0.2) is 25.0 Å². The minimum atomic E-state index is -1.20. The second-order valence-electron chi connectivity index (χ2n) is 5.75. The number of nitrogens with one attached hydrogen (secondary N) is 1. The molecule has 0 spiro atoms. The van der Waals surface area contributed by atoms with Crippen LogP contribution in [0.3, 0.4) is 0 Å². The van der Waals surface area contributed by atoms with Gasteiger partial charge in [-0.1, -0.05) is 44.2 Å². The highest BCUT2D eigenvalue weighted by Crippen LogP contribution is 2.18. The van der Waals surface area contributed by atoms with Crippen LogP contribution in [0.4, 0.5) is 0 Å². The number of esters is 1. The summed E-state index contributed by atoms with van der Waals surface area (Å²) in [4.78, 5) is 24.2. The molecule has 21 heavy (non-hydrogen) atoms. The maximum Gasteiger partial charge on any atom is 0.328 e. The van der Waals surface area contributed by atoms with Crippen molar-refractivity contribution in [2.75, 3.05) is 7.11 Å². The number of nitrogens with two attached hydrogens (primary N) is 1. The van der Waals surface area contributed by atoms with Crippen molar-refractivity contribution in [3.05, 3.63) is 35.9 Å². The van der Waals surface area contributed by atoms with Gasteiger partial charge in [0.1, 0.15) is 11.6 Å². The molecule has 0 bridgehead atoms. The molecule has 0 fully saturated rings. The summed E-state index contributed by atoms with van der Waals surface area (Å²) in [7, 11) is 1.31. The zero-order chi connectivity index (χ0) is 16.0. The van der Waals surface area contributed by atoms with Crippen LogP contribution in [0, 0.1) is 5.92 Å². The van der Waals surface area contributed by atoms with Crippen LogP contribution in [-0.2, 0) is 19.9 Å². The predicted octanol–water partition coefficient (Wildman–Crippen LogP) is 1.56.